The predicted octanol–water partition coefficient (Wildman–Crippen LogP) is 2.13. The molecule has 0 fully saturated rings. The number of ether oxygens (including phenoxy) is 2. The van der Waals surface area contributed by atoms with Crippen LogP contribution in [0.25, 0.3) is 0 Å². The van der Waals surface area contributed by atoms with Crippen LogP contribution in [0.5, 0.6) is 0 Å². The highest BCUT2D eigenvalue weighted by Crippen LogP contribution is 2.31. The Kier molecular flexibility index (Phi) is 6.77. The molecule has 4 rings (SSSR count). The van der Waals surface area contributed by atoms with E-state index < -0.39 is 42.4 Å². The lowest BCUT2D eigenvalue weighted by Crippen LogP contribution is -2.24. The highest BCUT2D eigenvalue weighted by molar-refractivity contribution is 6.02. The van der Waals surface area contributed by atoms with Crippen LogP contribution in [0.4, 0.5) is 5.69 Å². The molecule has 182 valence electrons. The van der Waals surface area contributed by atoms with Crippen molar-refractivity contribution in [3.8, 4) is 0 Å². The van der Waals surface area contributed by atoms with Gasteiger partial charge in [-0.25, -0.2) is 9.59 Å². The van der Waals surface area contributed by atoms with E-state index >= 15 is 0 Å². The largest absolute Gasteiger partial charge is 0.454 e. The maximum atomic E-state index is 12.6. The first kappa shape index (κ1) is 24.1. The highest BCUT2D eigenvalue weighted by atomic mass is 16.5. The van der Waals surface area contributed by atoms with Crippen LogP contribution in [0.2, 0.25) is 0 Å². The molecule has 1 aliphatic rings. The van der Waals surface area contributed by atoms with Crippen LogP contribution >= 0.6 is 0 Å². The third-order valence-electron chi connectivity index (χ3n) is 5.51. The summed E-state index contributed by atoms with van der Waals surface area (Å²) in [5.74, 6) is -3.60. The molecular formula is C26H21N3O7. The number of fused-ring (bicyclic) bond motifs is 1. The van der Waals surface area contributed by atoms with E-state index in [1.807, 2.05) is 30.3 Å². The average molecular weight is 487 g/mol. The molecule has 0 bridgehead atoms. The number of esters is 2. The number of hydrogen-bond donors (Lipinski definition) is 3. The van der Waals surface area contributed by atoms with Gasteiger partial charge in [0.1, 0.15) is 6.10 Å². The summed E-state index contributed by atoms with van der Waals surface area (Å²) in [7, 11) is 0. The molecule has 3 aromatic rings. The molecule has 1 heterocycles. The zero-order chi connectivity index (χ0) is 25.8. The van der Waals surface area contributed by atoms with Gasteiger partial charge in [0.15, 0.2) is 6.61 Å². The van der Waals surface area contributed by atoms with Gasteiger partial charge in [0.05, 0.1) is 11.1 Å². The molecule has 10 nitrogen and oxygen atoms in total. The first-order valence-corrected chi connectivity index (χ1v) is 10.8. The van der Waals surface area contributed by atoms with Crippen molar-refractivity contribution >= 4 is 35.3 Å². The van der Waals surface area contributed by atoms with Crippen LogP contribution in [0.3, 0.4) is 0 Å². The molecule has 0 spiro atoms. The molecule has 0 aliphatic carbocycles. The molecule has 1 aliphatic heterocycles. The van der Waals surface area contributed by atoms with E-state index in [0.717, 1.165) is 5.56 Å². The number of carbonyl (C=O) groups excluding carboxylic acids is 5. The Labute approximate surface area is 205 Å². The van der Waals surface area contributed by atoms with Gasteiger partial charge in [-0.05, 0) is 47.5 Å². The minimum Gasteiger partial charge on any atom is -0.454 e. The molecule has 10 heteroatoms. The van der Waals surface area contributed by atoms with Gasteiger partial charge in [0.25, 0.3) is 5.91 Å². The molecule has 0 unspecified atom stereocenters. The quantitative estimate of drug-likeness (QED) is 0.429. The van der Waals surface area contributed by atoms with Crippen LogP contribution in [-0.2, 0) is 20.7 Å². The summed E-state index contributed by atoms with van der Waals surface area (Å²) in [5.41, 5.74) is 12.5. The van der Waals surface area contributed by atoms with Crippen LogP contribution in [0, 0.1) is 0 Å². The Morgan fingerprint density at radius 2 is 1.56 bits per heavy atom. The number of amides is 3. The maximum absolute atomic E-state index is 12.6. The number of benzene rings is 3. The van der Waals surface area contributed by atoms with E-state index in [4.69, 9.17) is 20.9 Å². The Morgan fingerprint density at radius 1 is 0.889 bits per heavy atom. The third-order valence-corrected chi connectivity index (χ3v) is 5.51. The summed E-state index contributed by atoms with van der Waals surface area (Å²) >= 11 is 0. The molecule has 3 aromatic carbocycles. The second-order valence-electron chi connectivity index (χ2n) is 8.03. The van der Waals surface area contributed by atoms with Crippen molar-refractivity contribution < 1.29 is 33.4 Å². The summed E-state index contributed by atoms with van der Waals surface area (Å²) < 4.78 is 10.6. The van der Waals surface area contributed by atoms with Crippen molar-refractivity contribution in [1.82, 2.24) is 0 Å². The Morgan fingerprint density at radius 3 is 2.19 bits per heavy atom. The standard InChI is InChI=1S/C26H21N3O7/c27-23(31)17-9-18(24(28)32)11-19(10-17)29-22(30)13-35-25(33)15-6-7-20-16(8-15)12-21(36-26(20)34)14-4-2-1-3-5-14/h1-11,21H,12-13H2,(H2,27,31)(H2,28,32)(H,29,30)/t21-/m0/s1. The molecule has 0 aromatic heterocycles. The molecule has 0 saturated carbocycles. The smallest absolute Gasteiger partial charge is 0.339 e. The van der Waals surface area contributed by atoms with Crippen LogP contribution in [0.1, 0.15) is 58.7 Å². The van der Waals surface area contributed by atoms with E-state index in [0.29, 0.717) is 17.5 Å². The summed E-state index contributed by atoms with van der Waals surface area (Å²) in [4.78, 5) is 60.2. The Hall–Kier alpha value is -4.99. The second-order valence-corrected chi connectivity index (χ2v) is 8.03. The fraction of sp³-hybridized carbons (Fsp3) is 0.115. The van der Waals surface area contributed by atoms with E-state index in [1.165, 1.54) is 30.3 Å². The van der Waals surface area contributed by atoms with E-state index in [9.17, 15) is 24.0 Å². The van der Waals surface area contributed by atoms with Crippen LogP contribution in [-0.4, -0.2) is 36.3 Å². The number of nitrogens with two attached hydrogens (primary N) is 2. The van der Waals surface area contributed by atoms with Gasteiger partial charge in [-0.1, -0.05) is 30.3 Å². The number of rotatable bonds is 7. The number of hydrogen-bond acceptors (Lipinski definition) is 7. The van der Waals surface area contributed by atoms with Crippen molar-refractivity contribution in [2.75, 3.05) is 11.9 Å². The summed E-state index contributed by atoms with van der Waals surface area (Å²) in [6.45, 7) is -0.642. The van der Waals surface area contributed by atoms with Crippen LogP contribution in [0.15, 0.2) is 66.7 Å². The predicted molar refractivity (Wildman–Crippen MR) is 127 cm³/mol. The zero-order valence-corrected chi connectivity index (χ0v) is 18.9. The molecular weight excluding hydrogens is 466 g/mol. The Balaban J connectivity index is 1.42. The van der Waals surface area contributed by atoms with Gasteiger partial charge < -0.3 is 26.3 Å². The minimum atomic E-state index is -0.814. The van der Waals surface area contributed by atoms with Crippen molar-refractivity contribution in [3.05, 3.63) is 100 Å². The SMILES string of the molecule is NC(=O)c1cc(NC(=O)COC(=O)c2ccc3c(c2)C[C@@H](c2ccccc2)OC3=O)cc(C(N)=O)c1. The topological polar surface area (TPSA) is 168 Å². The number of anilines is 1. The molecule has 0 radical (unpaired) electrons. The second kappa shape index (κ2) is 10.1. The number of carbonyl (C=O) groups is 5. The van der Waals surface area contributed by atoms with E-state index in [2.05, 4.69) is 5.32 Å². The summed E-state index contributed by atoms with van der Waals surface area (Å²) in [5, 5.41) is 2.43. The van der Waals surface area contributed by atoms with Gasteiger partial charge >= 0.3 is 11.9 Å². The highest BCUT2D eigenvalue weighted by Gasteiger charge is 2.28. The molecule has 1 atom stereocenters. The first-order valence-electron chi connectivity index (χ1n) is 10.8. The van der Waals surface area contributed by atoms with Crippen molar-refractivity contribution in [1.29, 1.82) is 0 Å². The number of nitrogens with one attached hydrogen (secondary N) is 1. The lowest BCUT2D eigenvalue weighted by molar-refractivity contribution is -0.119. The zero-order valence-electron chi connectivity index (χ0n) is 18.9. The monoisotopic (exact) mass is 487 g/mol. The normalized spacial score (nSPS) is 14.2. The van der Waals surface area contributed by atoms with Gasteiger partial charge in [-0.3, -0.25) is 14.4 Å². The summed E-state index contributed by atoms with van der Waals surface area (Å²) in [6.07, 6.45) is -0.102. The van der Waals surface area contributed by atoms with Gasteiger partial charge in [-0.15, -0.1) is 0 Å². The molecule has 36 heavy (non-hydrogen) atoms. The van der Waals surface area contributed by atoms with E-state index in [1.54, 1.807) is 6.07 Å². The molecule has 3 amide bonds. The van der Waals surface area contributed by atoms with Crippen molar-refractivity contribution in [2.45, 2.75) is 12.5 Å². The first-order chi connectivity index (χ1) is 17.2. The van der Waals surface area contributed by atoms with Gasteiger partial charge in [0.2, 0.25) is 11.8 Å². The Bertz CT molecular complexity index is 1350. The average Bonchev–Trinajstić information content (AvgIpc) is 2.87. The molecule has 0 saturated heterocycles. The van der Waals surface area contributed by atoms with Crippen molar-refractivity contribution in [2.24, 2.45) is 11.5 Å². The lowest BCUT2D eigenvalue weighted by atomic mass is 9.93. The third kappa shape index (κ3) is 5.39. The fourth-order valence-electron chi connectivity index (χ4n) is 3.77. The fourth-order valence-corrected chi connectivity index (χ4v) is 3.77. The maximum Gasteiger partial charge on any atom is 0.339 e. The molecule has 5 N–H and O–H groups in total. The van der Waals surface area contributed by atoms with Crippen molar-refractivity contribution in [3.63, 3.8) is 0 Å². The van der Waals surface area contributed by atoms with Gasteiger partial charge in [0, 0.05) is 23.2 Å². The number of cyclic esters (lactones) is 1. The van der Waals surface area contributed by atoms with E-state index in [-0.39, 0.29) is 22.4 Å². The van der Waals surface area contributed by atoms with Crippen LogP contribution < -0.4 is 16.8 Å². The lowest BCUT2D eigenvalue weighted by Gasteiger charge is -2.25. The van der Waals surface area contributed by atoms with Gasteiger partial charge in [-0.2, -0.15) is 0 Å². The summed E-state index contributed by atoms with van der Waals surface area (Å²) in [6, 6.07) is 17.4. The minimum absolute atomic E-state index is 0.0278. The number of primary amides is 2.